The van der Waals surface area contributed by atoms with E-state index in [1.807, 2.05) is 36.4 Å². The number of hydrogen-bond donors (Lipinski definition) is 0. The number of nitrogens with zero attached hydrogens (tertiary/aromatic N) is 6. The van der Waals surface area contributed by atoms with Gasteiger partial charge < -0.3 is 18.7 Å². The Hall–Kier alpha value is -4.05. The average molecular weight is 446 g/mol. The first kappa shape index (κ1) is 20.8. The summed E-state index contributed by atoms with van der Waals surface area (Å²) >= 11 is 0. The number of amides is 1. The SMILES string of the molecule is COc1ccc(-c2noc(CN3CCN(C(=O)c4cc(-c5cccnc5)on4)CC3)n2)cc1. The zero-order valence-corrected chi connectivity index (χ0v) is 18.0. The van der Waals surface area contributed by atoms with Gasteiger partial charge in [-0.15, -0.1) is 0 Å². The zero-order chi connectivity index (χ0) is 22.6. The lowest BCUT2D eigenvalue weighted by molar-refractivity contribution is 0.0605. The molecule has 1 amide bonds. The average Bonchev–Trinajstić information content (AvgIpc) is 3.55. The van der Waals surface area contributed by atoms with Gasteiger partial charge in [-0.25, -0.2) is 0 Å². The normalized spacial score (nSPS) is 14.4. The molecule has 10 heteroatoms. The summed E-state index contributed by atoms with van der Waals surface area (Å²) in [6.45, 7) is 3.07. The molecule has 0 bridgehead atoms. The second-order valence-corrected chi connectivity index (χ2v) is 7.63. The lowest BCUT2D eigenvalue weighted by Gasteiger charge is -2.33. The Bertz CT molecular complexity index is 1210. The second-order valence-electron chi connectivity index (χ2n) is 7.63. The molecule has 0 saturated carbocycles. The van der Waals surface area contributed by atoms with E-state index in [9.17, 15) is 4.79 Å². The molecule has 0 N–H and O–H groups in total. The Labute approximate surface area is 189 Å². The van der Waals surface area contributed by atoms with Crippen LogP contribution in [0.4, 0.5) is 0 Å². The standard InChI is InChI=1S/C23H22N6O4/c1-31-18-6-4-16(5-7-18)22-25-21(33-27-22)15-28-9-11-29(12-10-28)23(30)19-13-20(32-26-19)17-3-2-8-24-14-17/h2-8,13-14H,9-12,15H2,1H3. The second kappa shape index (κ2) is 9.21. The van der Waals surface area contributed by atoms with Crippen LogP contribution in [0.1, 0.15) is 16.4 Å². The third-order valence-corrected chi connectivity index (χ3v) is 5.51. The molecular weight excluding hydrogens is 424 g/mol. The Morgan fingerprint density at radius 1 is 1.03 bits per heavy atom. The van der Waals surface area contributed by atoms with Gasteiger partial charge >= 0.3 is 0 Å². The monoisotopic (exact) mass is 446 g/mol. The van der Waals surface area contributed by atoms with Gasteiger partial charge in [0, 0.05) is 55.8 Å². The van der Waals surface area contributed by atoms with Crippen molar-refractivity contribution in [3.05, 3.63) is 66.4 Å². The fourth-order valence-electron chi connectivity index (χ4n) is 3.66. The molecule has 0 spiro atoms. The Morgan fingerprint density at radius 3 is 2.58 bits per heavy atom. The summed E-state index contributed by atoms with van der Waals surface area (Å²) < 4.78 is 15.9. The number of carbonyl (C=O) groups is 1. The maximum absolute atomic E-state index is 12.8. The highest BCUT2D eigenvalue weighted by Crippen LogP contribution is 2.22. The minimum Gasteiger partial charge on any atom is -0.497 e. The molecule has 0 radical (unpaired) electrons. The summed E-state index contributed by atoms with van der Waals surface area (Å²) in [6.07, 6.45) is 3.35. The maximum Gasteiger partial charge on any atom is 0.276 e. The van der Waals surface area contributed by atoms with Crippen molar-refractivity contribution in [3.8, 4) is 28.5 Å². The molecule has 168 valence electrons. The van der Waals surface area contributed by atoms with Crippen LogP contribution in [0.2, 0.25) is 0 Å². The largest absolute Gasteiger partial charge is 0.497 e. The van der Waals surface area contributed by atoms with Crippen LogP contribution >= 0.6 is 0 Å². The van der Waals surface area contributed by atoms with E-state index in [-0.39, 0.29) is 5.91 Å². The number of ether oxygens (including phenoxy) is 1. The van der Waals surface area contributed by atoms with Crippen molar-refractivity contribution < 1.29 is 18.6 Å². The van der Waals surface area contributed by atoms with Gasteiger partial charge in [0.05, 0.1) is 13.7 Å². The Kier molecular flexibility index (Phi) is 5.81. The predicted molar refractivity (Wildman–Crippen MR) is 117 cm³/mol. The zero-order valence-electron chi connectivity index (χ0n) is 18.0. The van der Waals surface area contributed by atoms with E-state index in [0.717, 1.165) is 16.9 Å². The summed E-state index contributed by atoms with van der Waals surface area (Å²) in [7, 11) is 1.63. The highest BCUT2D eigenvalue weighted by Gasteiger charge is 2.26. The van der Waals surface area contributed by atoms with Gasteiger partial charge in [0.1, 0.15) is 5.75 Å². The van der Waals surface area contributed by atoms with Crippen LogP contribution in [-0.2, 0) is 6.54 Å². The van der Waals surface area contributed by atoms with E-state index in [2.05, 4.69) is 25.2 Å². The van der Waals surface area contributed by atoms with Gasteiger partial charge in [0.25, 0.3) is 5.91 Å². The Balaban J connectivity index is 1.16. The topological polar surface area (TPSA) is 111 Å². The van der Waals surface area contributed by atoms with Crippen molar-refractivity contribution in [1.29, 1.82) is 0 Å². The van der Waals surface area contributed by atoms with E-state index in [1.54, 1.807) is 30.5 Å². The summed E-state index contributed by atoms with van der Waals surface area (Å²) in [5.41, 5.74) is 1.94. The minimum absolute atomic E-state index is 0.145. The maximum atomic E-state index is 12.8. The van der Waals surface area contributed by atoms with Crippen LogP contribution in [0.25, 0.3) is 22.7 Å². The van der Waals surface area contributed by atoms with Crippen LogP contribution in [0, 0.1) is 0 Å². The quantitative estimate of drug-likeness (QED) is 0.441. The van der Waals surface area contributed by atoms with Crippen LogP contribution < -0.4 is 4.74 Å². The van der Waals surface area contributed by atoms with Crippen molar-refractivity contribution in [3.63, 3.8) is 0 Å². The van der Waals surface area contributed by atoms with Gasteiger partial charge in [-0.1, -0.05) is 10.3 Å². The molecule has 33 heavy (non-hydrogen) atoms. The van der Waals surface area contributed by atoms with E-state index in [0.29, 0.717) is 55.9 Å². The molecule has 0 unspecified atom stereocenters. The number of hydrogen-bond acceptors (Lipinski definition) is 9. The number of aromatic nitrogens is 4. The van der Waals surface area contributed by atoms with Gasteiger partial charge in [-0.2, -0.15) is 4.98 Å². The molecule has 1 aromatic carbocycles. The van der Waals surface area contributed by atoms with E-state index >= 15 is 0 Å². The van der Waals surface area contributed by atoms with Gasteiger partial charge in [0.15, 0.2) is 11.5 Å². The van der Waals surface area contributed by atoms with Crippen molar-refractivity contribution in [1.82, 2.24) is 30.1 Å². The predicted octanol–water partition coefficient (Wildman–Crippen LogP) is 2.75. The number of rotatable bonds is 6. The van der Waals surface area contributed by atoms with Crippen LogP contribution in [0.15, 0.2) is 63.9 Å². The lowest BCUT2D eigenvalue weighted by Crippen LogP contribution is -2.48. The van der Waals surface area contributed by atoms with Gasteiger partial charge in [-0.05, 0) is 36.4 Å². The fourth-order valence-corrected chi connectivity index (χ4v) is 3.66. The lowest BCUT2D eigenvalue weighted by atomic mass is 10.2. The van der Waals surface area contributed by atoms with Crippen LogP contribution in [0.3, 0.4) is 0 Å². The molecule has 4 aromatic rings. The summed E-state index contributed by atoms with van der Waals surface area (Å²) in [5.74, 6) is 2.23. The van der Waals surface area contributed by atoms with Crippen LogP contribution in [-0.4, -0.2) is 69.3 Å². The highest BCUT2D eigenvalue weighted by atomic mass is 16.5. The molecule has 3 aromatic heterocycles. The number of benzene rings is 1. The molecule has 5 rings (SSSR count). The smallest absolute Gasteiger partial charge is 0.276 e. The van der Waals surface area contributed by atoms with E-state index in [4.69, 9.17) is 13.8 Å². The molecule has 4 heterocycles. The van der Waals surface area contributed by atoms with Gasteiger partial charge in [-0.3, -0.25) is 14.7 Å². The van der Waals surface area contributed by atoms with Crippen molar-refractivity contribution in [2.45, 2.75) is 6.54 Å². The van der Waals surface area contributed by atoms with Crippen LogP contribution in [0.5, 0.6) is 5.75 Å². The van der Waals surface area contributed by atoms with Gasteiger partial charge in [0.2, 0.25) is 11.7 Å². The van der Waals surface area contributed by atoms with Crippen molar-refractivity contribution in [2.75, 3.05) is 33.3 Å². The van der Waals surface area contributed by atoms with Crippen molar-refractivity contribution in [2.24, 2.45) is 0 Å². The first-order valence-electron chi connectivity index (χ1n) is 10.6. The molecule has 1 fully saturated rings. The number of carbonyl (C=O) groups excluding carboxylic acids is 1. The first-order chi connectivity index (χ1) is 16.2. The molecule has 0 atom stereocenters. The molecule has 1 aliphatic heterocycles. The number of pyridine rings is 1. The molecular formula is C23H22N6O4. The summed E-state index contributed by atoms with van der Waals surface area (Å²) in [6, 6.07) is 12.8. The molecule has 1 aliphatic rings. The molecule has 0 aliphatic carbocycles. The van der Waals surface area contributed by atoms with E-state index < -0.39 is 0 Å². The third-order valence-electron chi connectivity index (χ3n) is 5.51. The third kappa shape index (κ3) is 4.60. The highest BCUT2D eigenvalue weighted by molar-refractivity contribution is 5.93. The van der Waals surface area contributed by atoms with E-state index in [1.165, 1.54) is 0 Å². The summed E-state index contributed by atoms with van der Waals surface area (Å²) in [4.78, 5) is 25.3. The Morgan fingerprint density at radius 2 is 1.85 bits per heavy atom. The first-order valence-corrected chi connectivity index (χ1v) is 10.6. The molecule has 1 saturated heterocycles. The van der Waals surface area contributed by atoms with Crippen molar-refractivity contribution >= 4 is 5.91 Å². The number of piperazine rings is 1. The minimum atomic E-state index is -0.145. The fraction of sp³-hybridized carbons (Fsp3) is 0.261. The summed E-state index contributed by atoms with van der Waals surface area (Å²) in [5, 5.41) is 8.02. The number of methoxy groups -OCH3 is 1. The molecule has 10 nitrogen and oxygen atoms in total.